The molecule has 0 aliphatic carbocycles. The zero-order valence-electron chi connectivity index (χ0n) is 10.7. The fourth-order valence-electron chi connectivity index (χ4n) is 1.75. The third-order valence-corrected chi connectivity index (χ3v) is 2.29. The van der Waals surface area contributed by atoms with E-state index >= 15 is 0 Å². The molecule has 90 valence electrons. The molecule has 0 saturated heterocycles. The largest absolute Gasteiger partial charge is 0.481 e. The highest BCUT2D eigenvalue weighted by Crippen LogP contribution is 2.10. The van der Waals surface area contributed by atoms with Crippen molar-refractivity contribution in [2.45, 2.75) is 47.1 Å². The number of carbonyl (C=O) groups is 1. The minimum Gasteiger partial charge on any atom is -0.481 e. The highest BCUT2D eigenvalue weighted by molar-refractivity contribution is 5.67. The highest BCUT2D eigenvalue weighted by Gasteiger charge is 2.18. The van der Waals surface area contributed by atoms with Crippen molar-refractivity contribution in [3.63, 3.8) is 0 Å². The van der Waals surface area contributed by atoms with Crippen molar-refractivity contribution in [3.8, 4) is 0 Å². The van der Waals surface area contributed by atoms with Crippen LogP contribution in [-0.2, 0) is 4.79 Å². The van der Waals surface area contributed by atoms with Gasteiger partial charge in [-0.3, -0.25) is 9.69 Å². The maximum absolute atomic E-state index is 10.7. The van der Waals surface area contributed by atoms with E-state index in [1.807, 2.05) is 6.92 Å². The quantitative estimate of drug-likeness (QED) is 0.709. The van der Waals surface area contributed by atoms with Gasteiger partial charge in [-0.2, -0.15) is 0 Å². The van der Waals surface area contributed by atoms with Gasteiger partial charge in [0, 0.05) is 19.1 Å². The van der Waals surface area contributed by atoms with Gasteiger partial charge in [0.15, 0.2) is 0 Å². The zero-order valence-corrected chi connectivity index (χ0v) is 10.7. The molecule has 3 nitrogen and oxygen atoms in total. The Morgan fingerprint density at radius 2 is 1.47 bits per heavy atom. The molecule has 0 aromatic rings. The van der Waals surface area contributed by atoms with Gasteiger partial charge in [0.1, 0.15) is 0 Å². The molecule has 0 spiro atoms. The molecule has 1 unspecified atom stereocenters. The molecule has 3 heteroatoms. The van der Waals surface area contributed by atoms with Crippen LogP contribution in [0.1, 0.15) is 41.0 Å². The fraction of sp³-hybridized carbons (Fsp3) is 0.917. The van der Waals surface area contributed by atoms with Gasteiger partial charge >= 0.3 is 5.97 Å². The van der Waals surface area contributed by atoms with Crippen molar-refractivity contribution in [3.05, 3.63) is 0 Å². The van der Waals surface area contributed by atoms with Crippen LogP contribution >= 0.6 is 0 Å². The monoisotopic (exact) mass is 215 g/mol. The minimum atomic E-state index is -0.708. The van der Waals surface area contributed by atoms with Gasteiger partial charge in [0.05, 0.1) is 6.42 Å². The number of aliphatic carboxylic acids is 1. The molecule has 0 aliphatic heterocycles. The summed E-state index contributed by atoms with van der Waals surface area (Å²) in [7, 11) is 0. The normalized spacial score (nSPS) is 13.9. The Morgan fingerprint density at radius 3 is 1.73 bits per heavy atom. The van der Waals surface area contributed by atoms with Crippen LogP contribution in [0.15, 0.2) is 0 Å². The van der Waals surface area contributed by atoms with Gasteiger partial charge in [-0.1, -0.05) is 27.7 Å². The van der Waals surface area contributed by atoms with Gasteiger partial charge in [-0.25, -0.2) is 0 Å². The van der Waals surface area contributed by atoms with E-state index in [0.29, 0.717) is 11.8 Å². The van der Waals surface area contributed by atoms with Crippen LogP contribution in [0.2, 0.25) is 0 Å². The van der Waals surface area contributed by atoms with Gasteiger partial charge in [-0.05, 0) is 18.8 Å². The van der Waals surface area contributed by atoms with Crippen molar-refractivity contribution >= 4 is 5.97 Å². The molecule has 0 fully saturated rings. The van der Waals surface area contributed by atoms with Crippen molar-refractivity contribution in [2.24, 2.45) is 11.8 Å². The van der Waals surface area contributed by atoms with E-state index in [4.69, 9.17) is 5.11 Å². The van der Waals surface area contributed by atoms with Crippen LogP contribution in [0.4, 0.5) is 0 Å². The van der Waals surface area contributed by atoms with Crippen molar-refractivity contribution in [1.82, 2.24) is 4.90 Å². The number of carboxylic acid groups (broad SMARTS) is 1. The van der Waals surface area contributed by atoms with Crippen molar-refractivity contribution < 1.29 is 9.90 Å². The molecule has 0 saturated carbocycles. The summed E-state index contributed by atoms with van der Waals surface area (Å²) in [6.07, 6.45) is 0.236. The number of carboxylic acids is 1. The standard InChI is InChI=1S/C12H25NO2/c1-9(2)7-13(8-10(3)4)11(5)6-12(14)15/h9-11H,6-8H2,1-5H3,(H,14,15). The first kappa shape index (κ1) is 14.4. The second kappa shape index (κ2) is 6.83. The number of nitrogens with zero attached hydrogens (tertiary/aromatic N) is 1. The summed E-state index contributed by atoms with van der Waals surface area (Å²) in [6, 6.07) is 0.132. The third-order valence-electron chi connectivity index (χ3n) is 2.29. The number of hydrogen-bond donors (Lipinski definition) is 1. The second-order valence-corrected chi connectivity index (χ2v) is 5.19. The number of hydrogen-bond acceptors (Lipinski definition) is 2. The van der Waals surface area contributed by atoms with E-state index in [0.717, 1.165) is 13.1 Å². The van der Waals surface area contributed by atoms with Crippen LogP contribution in [0.5, 0.6) is 0 Å². The lowest BCUT2D eigenvalue weighted by Gasteiger charge is -2.31. The average Bonchev–Trinajstić information content (AvgIpc) is 1.99. The van der Waals surface area contributed by atoms with E-state index in [1.165, 1.54) is 0 Å². The number of rotatable bonds is 7. The summed E-state index contributed by atoms with van der Waals surface area (Å²) in [5.41, 5.74) is 0. The van der Waals surface area contributed by atoms with Crippen LogP contribution < -0.4 is 0 Å². The third kappa shape index (κ3) is 7.37. The van der Waals surface area contributed by atoms with Crippen LogP contribution in [0.3, 0.4) is 0 Å². The summed E-state index contributed by atoms with van der Waals surface area (Å²) in [4.78, 5) is 12.9. The Balaban J connectivity index is 4.26. The van der Waals surface area contributed by atoms with E-state index in [1.54, 1.807) is 0 Å². The van der Waals surface area contributed by atoms with Gasteiger partial charge in [-0.15, -0.1) is 0 Å². The van der Waals surface area contributed by atoms with E-state index < -0.39 is 5.97 Å². The van der Waals surface area contributed by atoms with Crippen LogP contribution in [0.25, 0.3) is 0 Å². The Kier molecular flexibility index (Phi) is 6.57. The Hall–Kier alpha value is -0.570. The Morgan fingerprint density at radius 1 is 1.07 bits per heavy atom. The second-order valence-electron chi connectivity index (χ2n) is 5.19. The molecule has 1 N–H and O–H groups in total. The topological polar surface area (TPSA) is 40.5 Å². The molecular weight excluding hydrogens is 190 g/mol. The first-order chi connectivity index (χ1) is 6.82. The predicted molar refractivity (Wildman–Crippen MR) is 63.0 cm³/mol. The molecule has 0 aromatic heterocycles. The maximum Gasteiger partial charge on any atom is 0.304 e. The summed E-state index contributed by atoms with van der Waals surface area (Å²) in [6.45, 7) is 12.6. The van der Waals surface area contributed by atoms with Crippen molar-refractivity contribution in [2.75, 3.05) is 13.1 Å². The minimum absolute atomic E-state index is 0.132. The Bertz CT molecular complexity index is 180. The maximum atomic E-state index is 10.7. The lowest BCUT2D eigenvalue weighted by atomic mass is 10.1. The highest BCUT2D eigenvalue weighted by atomic mass is 16.4. The van der Waals surface area contributed by atoms with Crippen LogP contribution in [-0.4, -0.2) is 35.1 Å². The average molecular weight is 215 g/mol. The zero-order chi connectivity index (χ0) is 12.0. The van der Waals surface area contributed by atoms with Gasteiger partial charge in [0.2, 0.25) is 0 Å². The van der Waals surface area contributed by atoms with E-state index in [-0.39, 0.29) is 12.5 Å². The fourth-order valence-corrected chi connectivity index (χ4v) is 1.75. The van der Waals surface area contributed by atoms with E-state index in [9.17, 15) is 4.79 Å². The molecule has 0 radical (unpaired) electrons. The van der Waals surface area contributed by atoms with Gasteiger partial charge < -0.3 is 5.11 Å². The molecule has 0 heterocycles. The lowest BCUT2D eigenvalue weighted by molar-refractivity contribution is -0.138. The molecular formula is C12H25NO2. The summed E-state index contributed by atoms with van der Waals surface area (Å²) < 4.78 is 0. The smallest absolute Gasteiger partial charge is 0.304 e. The lowest BCUT2D eigenvalue weighted by Crippen LogP contribution is -2.39. The summed E-state index contributed by atoms with van der Waals surface area (Å²) in [5, 5.41) is 8.77. The molecule has 0 rings (SSSR count). The molecule has 1 atom stereocenters. The van der Waals surface area contributed by atoms with Gasteiger partial charge in [0.25, 0.3) is 0 Å². The van der Waals surface area contributed by atoms with Crippen molar-refractivity contribution in [1.29, 1.82) is 0 Å². The first-order valence-electron chi connectivity index (χ1n) is 5.78. The Labute approximate surface area is 93.5 Å². The van der Waals surface area contributed by atoms with E-state index in [2.05, 4.69) is 32.6 Å². The molecule has 0 aliphatic rings. The molecule has 0 aromatic carbocycles. The molecule has 15 heavy (non-hydrogen) atoms. The van der Waals surface area contributed by atoms with Crippen LogP contribution in [0, 0.1) is 11.8 Å². The molecule has 0 amide bonds. The SMILES string of the molecule is CC(C)CN(CC(C)C)C(C)CC(=O)O. The molecule has 0 bridgehead atoms. The predicted octanol–water partition coefficient (Wildman–Crippen LogP) is 2.46. The summed E-state index contributed by atoms with van der Waals surface area (Å²) in [5.74, 6) is 0.458. The first-order valence-corrected chi connectivity index (χ1v) is 5.78. The summed E-state index contributed by atoms with van der Waals surface area (Å²) >= 11 is 0.